The molecule has 1 atom stereocenters. The monoisotopic (exact) mass is 285 g/mol. The fourth-order valence-electron chi connectivity index (χ4n) is 2.15. The molecule has 18 heavy (non-hydrogen) atoms. The van der Waals surface area contributed by atoms with Crippen molar-refractivity contribution < 1.29 is 0 Å². The van der Waals surface area contributed by atoms with E-state index in [-0.39, 0.29) is 0 Å². The van der Waals surface area contributed by atoms with E-state index in [2.05, 4.69) is 42.7 Å². The lowest BCUT2D eigenvalue weighted by Gasteiger charge is -2.30. The van der Waals surface area contributed by atoms with Crippen molar-refractivity contribution in [1.29, 1.82) is 0 Å². The zero-order valence-corrected chi connectivity index (χ0v) is 13.2. The second-order valence-corrected chi connectivity index (χ2v) is 7.24. The van der Waals surface area contributed by atoms with Gasteiger partial charge in [-0.1, -0.05) is 20.8 Å². The third-order valence-electron chi connectivity index (χ3n) is 3.15. The summed E-state index contributed by atoms with van der Waals surface area (Å²) in [7, 11) is 0. The van der Waals surface area contributed by atoms with Gasteiger partial charge < -0.3 is 10.2 Å². The molecule has 1 N–H and O–H groups in total. The van der Waals surface area contributed by atoms with Gasteiger partial charge in [-0.15, -0.1) is 11.3 Å². The van der Waals surface area contributed by atoms with Crippen LogP contribution < -0.4 is 10.2 Å². The normalized spacial score (nSPS) is 20.4. The van der Waals surface area contributed by atoms with Crippen molar-refractivity contribution in [3.63, 3.8) is 0 Å². The number of hydrogen-bond donors (Lipinski definition) is 1. The number of nitrogens with zero attached hydrogens (tertiary/aromatic N) is 2. The molecular weight excluding hydrogens is 262 g/mol. The van der Waals surface area contributed by atoms with E-state index >= 15 is 0 Å². The minimum Gasteiger partial charge on any atom is -0.346 e. The van der Waals surface area contributed by atoms with Gasteiger partial charge in [0.25, 0.3) is 0 Å². The minimum absolute atomic E-state index is 0.727. The van der Waals surface area contributed by atoms with E-state index < -0.39 is 0 Å². The standard InChI is InChI=1S/C13H23N3S2/c1-4-11-12(8-14-5-2)18-13(15-11)16-6-7-17-10(3)9-16/h10,14H,4-9H2,1-3H3. The number of rotatable bonds is 5. The van der Waals surface area contributed by atoms with Gasteiger partial charge in [-0.05, 0) is 13.0 Å². The van der Waals surface area contributed by atoms with Crippen LogP contribution >= 0.6 is 23.1 Å². The number of thiazole rings is 1. The summed E-state index contributed by atoms with van der Waals surface area (Å²) in [6.07, 6.45) is 1.04. The van der Waals surface area contributed by atoms with E-state index in [0.29, 0.717) is 0 Å². The average molecular weight is 285 g/mol. The molecule has 0 aromatic carbocycles. The highest BCUT2D eigenvalue weighted by molar-refractivity contribution is 8.00. The van der Waals surface area contributed by atoms with Gasteiger partial charge >= 0.3 is 0 Å². The first-order valence-corrected chi connectivity index (χ1v) is 8.67. The van der Waals surface area contributed by atoms with E-state index in [1.165, 1.54) is 21.5 Å². The van der Waals surface area contributed by atoms with Crippen molar-refractivity contribution in [3.8, 4) is 0 Å². The SMILES string of the molecule is CCNCc1sc(N2CCSC(C)C2)nc1CC. The zero-order chi connectivity index (χ0) is 13.0. The van der Waals surface area contributed by atoms with Crippen LogP contribution in [-0.2, 0) is 13.0 Å². The van der Waals surface area contributed by atoms with Crippen LogP contribution in [0.3, 0.4) is 0 Å². The summed E-state index contributed by atoms with van der Waals surface area (Å²) in [5.74, 6) is 1.23. The molecule has 1 saturated heterocycles. The van der Waals surface area contributed by atoms with Gasteiger partial charge in [-0.25, -0.2) is 4.98 Å². The first-order valence-electron chi connectivity index (χ1n) is 6.80. The second-order valence-electron chi connectivity index (χ2n) is 4.63. The lowest BCUT2D eigenvalue weighted by atomic mass is 10.3. The summed E-state index contributed by atoms with van der Waals surface area (Å²) in [4.78, 5) is 8.71. The van der Waals surface area contributed by atoms with Gasteiger partial charge in [-0.3, -0.25) is 0 Å². The van der Waals surface area contributed by atoms with Crippen LogP contribution in [0.2, 0.25) is 0 Å². The number of aryl methyl sites for hydroxylation is 1. The molecule has 1 aliphatic heterocycles. The third kappa shape index (κ3) is 3.39. The molecule has 0 aliphatic carbocycles. The molecule has 0 bridgehead atoms. The lowest BCUT2D eigenvalue weighted by Crippen LogP contribution is -2.36. The molecule has 0 radical (unpaired) electrons. The Labute approximate surface area is 118 Å². The van der Waals surface area contributed by atoms with Gasteiger partial charge in [0.05, 0.1) is 5.69 Å². The predicted molar refractivity (Wildman–Crippen MR) is 83.0 cm³/mol. The fraction of sp³-hybridized carbons (Fsp3) is 0.769. The maximum Gasteiger partial charge on any atom is 0.185 e. The topological polar surface area (TPSA) is 28.2 Å². The second kappa shape index (κ2) is 6.78. The molecule has 0 spiro atoms. The Balaban J connectivity index is 2.10. The van der Waals surface area contributed by atoms with E-state index in [1.54, 1.807) is 0 Å². The molecule has 2 heterocycles. The van der Waals surface area contributed by atoms with Gasteiger partial charge in [-0.2, -0.15) is 11.8 Å². The highest BCUT2D eigenvalue weighted by atomic mass is 32.2. The van der Waals surface area contributed by atoms with Crippen LogP contribution in [0.25, 0.3) is 0 Å². The molecule has 1 aromatic rings. The molecule has 1 fully saturated rings. The molecule has 1 aromatic heterocycles. The number of anilines is 1. The van der Waals surface area contributed by atoms with E-state index in [9.17, 15) is 0 Å². The van der Waals surface area contributed by atoms with Crippen molar-refractivity contribution in [2.24, 2.45) is 0 Å². The minimum atomic E-state index is 0.727. The number of thioether (sulfide) groups is 1. The number of nitrogens with one attached hydrogen (secondary N) is 1. The maximum atomic E-state index is 4.83. The van der Waals surface area contributed by atoms with E-state index in [0.717, 1.165) is 37.8 Å². The van der Waals surface area contributed by atoms with Crippen molar-refractivity contribution in [1.82, 2.24) is 10.3 Å². The van der Waals surface area contributed by atoms with Crippen LogP contribution in [0.1, 0.15) is 31.3 Å². The Morgan fingerprint density at radius 3 is 2.94 bits per heavy atom. The summed E-state index contributed by atoms with van der Waals surface area (Å²) in [6.45, 7) is 10.9. The zero-order valence-electron chi connectivity index (χ0n) is 11.5. The van der Waals surface area contributed by atoms with E-state index in [1.807, 2.05) is 11.3 Å². The summed E-state index contributed by atoms with van der Waals surface area (Å²) in [5, 5.41) is 5.37. The van der Waals surface area contributed by atoms with Crippen molar-refractivity contribution in [2.45, 2.75) is 39.0 Å². The molecule has 5 heteroatoms. The first-order chi connectivity index (χ1) is 8.74. The summed E-state index contributed by atoms with van der Waals surface area (Å²) < 4.78 is 0. The maximum absolute atomic E-state index is 4.83. The molecular formula is C13H23N3S2. The number of hydrogen-bond acceptors (Lipinski definition) is 5. The van der Waals surface area contributed by atoms with Crippen molar-refractivity contribution >= 4 is 28.2 Å². The Bertz CT molecular complexity index is 378. The van der Waals surface area contributed by atoms with Crippen LogP contribution in [0.15, 0.2) is 0 Å². The summed E-state index contributed by atoms with van der Waals surface area (Å²) in [5.41, 5.74) is 1.28. The molecule has 0 amide bonds. The molecule has 3 nitrogen and oxygen atoms in total. The molecule has 1 aliphatic rings. The fourth-order valence-corrected chi connectivity index (χ4v) is 4.32. The number of aromatic nitrogens is 1. The smallest absolute Gasteiger partial charge is 0.185 e. The van der Waals surface area contributed by atoms with Gasteiger partial charge in [0, 0.05) is 35.5 Å². The Morgan fingerprint density at radius 2 is 2.28 bits per heavy atom. The van der Waals surface area contributed by atoms with Gasteiger partial charge in [0.1, 0.15) is 0 Å². The van der Waals surface area contributed by atoms with Gasteiger partial charge in [0.15, 0.2) is 5.13 Å². The quantitative estimate of drug-likeness (QED) is 0.900. The Hall–Kier alpha value is -0.260. The third-order valence-corrected chi connectivity index (χ3v) is 5.44. The summed E-state index contributed by atoms with van der Waals surface area (Å²) >= 11 is 3.95. The first kappa shape index (κ1) is 14.2. The molecule has 1 unspecified atom stereocenters. The largest absolute Gasteiger partial charge is 0.346 e. The predicted octanol–water partition coefficient (Wildman–Crippen LogP) is 2.76. The Kier molecular flexibility index (Phi) is 5.33. The van der Waals surface area contributed by atoms with Crippen molar-refractivity contribution in [3.05, 3.63) is 10.6 Å². The highest BCUT2D eigenvalue weighted by Gasteiger charge is 2.21. The van der Waals surface area contributed by atoms with Crippen molar-refractivity contribution in [2.75, 3.05) is 30.3 Å². The lowest BCUT2D eigenvalue weighted by molar-refractivity contribution is 0.727. The molecule has 2 rings (SSSR count). The van der Waals surface area contributed by atoms with Gasteiger partial charge in [0.2, 0.25) is 0 Å². The van der Waals surface area contributed by atoms with Crippen LogP contribution in [0.5, 0.6) is 0 Å². The molecule has 102 valence electrons. The summed E-state index contributed by atoms with van der Waals surface area (Å²) in [6, 6.07) is 0. The average Bonchev–Trinajstić information content (AvgIpc) is 2.79. The van der Waals surface area contributed by atoms with Crippen LogP contribution in [0.4, 0.5) is 5.13 Å². The molecule has 0 saturated carbocycles. The Morgan fingerprint density at radius 1 is 1.44 bits per heavy atom. The van der Waals surface area contributed by atoms with Crippen LogP contribution in [0, 0.1) is 0 Å². The van der Waals surface area contributed by atoms with Crippen LogP contribution in [-0.4, -0.2) is 35.6 Å². The van der Waals surface area contributed by atoms with E-state index in [4.69, 9.17) is 4.98 Å². The highest BCUT2D eigenvalue weighted by Crippen LogP contribution is 2.30.